The Balaban J connectivity index is 1.62. The minimum absolute atomic E-state index is 0.138. The molecule has 1 N–H and O–H groups in total. The Hall–Kier alpha value is -2.62. The number of nitrogens with zero attached hydrogens (tertiary/aromatic N) is 2. The van der Waals surface area contributed by atoms with E-state index < -0.39 is 0 Å². The highest BCUT2D eigenvalue weighted by atomic mass is 16.1. The molecule has 0 radical (unpaired) electrons. The lowest BCUT2D eigenvalue weighted by atomic mass is 9.85. The maximum atomic E-state index is 12.1. The zero-order chi connectivity index (χ0) is 15.8. The van der Waals surface area contributed by atoms with Gasteiger partial charge in [0.25, 0.3) is 0 Å². The molecular formula is C19H19N3O. The molecule has 2 heterocycles. The maximum Gasteiger partial charge on any atom is 0.227 e. The molecule has 1 aromatic carbocycles. The summed E-state index contributed by atoms with van der Waals surface area (Å²) in [5, 5.41) is 3.02. The number of aryl methyl sites for hydroxylation is 1. The van der Waals surface area contributed by atoms with Crippen LogP contribution in [0.3, 0.4) is 0 Å². The Kier molecular flexibility index (Phi) is 3.37. The van der Waals surface area contributed by atoms with Crippen molar-refractivity contribution in [3.8, 4) is 11.3 Å². The van der Waals surface area contributed by atoms with E-state index >= 15 is 0 Å². The molecule has 0 aliphatic heterocycles. The molecule has 4 rings (SSSR count). The van der Waals surface area contributed by atoms with E-state index in [9.17, 15) is 4.79 Å². The number of nitrogens with one attached hydrogen (secondary N) is 1. The molecular weight excluding hydrogens is 286 g/mol. The van der Waals surface area contributed by atoms with Crippen LogP contribution in [-0.2, 0) is 4.79 Å². The van der Waals surface area contributed by atoms with E-state index in [2.05, 4.69) is 29.5 Å². The highest BCUT2D eigenvalue weighted by molar-refractivity contribution is 5.93. The van der Waals surface area contributed by atoms with Crippen molar-refractivity contribution in [3.63, 3.8) is 0 Å². The molecule has 4 nitrogen and oxygen atoms in total. The van der Waals surface area contributed by atoms with Crippen LogP contribution in [0.5, 0.6) is 0 Å². The van der Waals surface area contributed by atoms with Crippen molar-refractivity contribution in [1.82, 2.24) is 9.38 Å². The van der Waals surface area contributed by atoms with Crippen LogP contribution in [0.25, 0.3) is 16.9 Å². The predicted molar refractivity (Wildman–Crippen MR) is 91.3 cm³/mol. The molecule has 0 unspecified atom stereocenters. The van der Waals surface area contributed by atoms with Gasteiger partial charge in [-0.25, -0.2) is 4.98 Å². The monoisotopic (exact) mass is 305 g/mol. The normalized spacial score (nSPS) is 14.7. The van der Waals surface area contributed by atoms with Crippen molar-refractivity contribution >= 4 is 17.2 Å². The lowest BCUT2D eigenvalue weighted by molar-refractivity contribution is -0.122. The number of hydrogen-bond donors (Lipinski definition) is 1. The summed E-state index contributed by atoms with van der Waals surface area (Å²) < 4.78 is 2.03. The third-order valence-electron chi connectivity index (χ3n) is 4.50. The SMILES string of the molecule is Cc1ccc2nc(-c3cccc(NC(=O)C4CCC4)c3)cn2c1. The average Bonchev–Trinajstić information content (AvgIpc) is 2.88. The highest BCUT2D eigenvalue weighted by Crippen LogP contribution is 2.28. The summed E-state index contributed by atoms with van der Waals surface area (Å²) in [5.74, 6) is 0.329. The predicted octanol–water partition coefficient (Wildman–Crippen LogP) is 4.05. The molecule has 1 fully saturated rings. The minimum Gasteiger partial charge on any atom is -0.326 e. The standard InChI is InChI=1S/C19H19N3O/c1-13-8-9-18-21-17(12-22(18)11-13)15-6-3-7-16(10-15)20-19(23)14-4-2-5-14/h3,6-12,14H,2,4-5H2,1H3,(H,20,23). The van der Waals surface area contributed by atoms with Gasteiger partial charge >= 0.3 is 0 Å². The fraction of sp³-hybridized carbons (Fsp3) is 0.263. The highest BCUT2D eigenvalue weighted by Gasteiger charge is 2.25. The van der Waals surface area contributed by atoms with Gasteiger partial charge in [0.2, 0.25) is 5.91 Å². The van der Waals surface area contributed by atoms with Crippen LogP contribution in [0, 0.1) is 12.8 Å². The number of fused-ring (bicyclic) bond motifs is 1. The van der Waals surface area contributed by atoms with Gasteiger partial charge in [0, 0.05) is 29.6 Å². The van der Waals surface area contributed by atoms with Crippen LogP contribution in [0.1, 0.15) is 24.8 Å². The van der Waals surface area contributed by atoms with Gasteiger partial charge in [-0.1, -0.05) is 24.6 Å². The van der Waals surface area contributed by atoms with Crippen molar-refractivity contribution in [2.45, 2.75) is 26.2 Å². The van der Waals surface area contributed by atoms with Gasteiger partial charge in [-0.3, -0.25) is 4.79 Å². The summed E-state index contributed by atoms with van der Waals surface area (Å²) in [6.07, 6.45) is 7.27. The summed E-state index contributed by atoms with van der Waals surface area (Å²) in [7, 11) is 0. The number of anilines is 1. The quantitative estimate of drug-likeness (QED) is 0.793. The Morgan fingerprint density at radius 2 is 2.09 bits per heavy atom. The second-order valence-corrected chi connectivity index (χ2v) is 6.30. The summed E-state index contributed by atoms with van der Waals surface area (Å²) in [5.41, 5.74) is 4.89. The van der Waals surface area contributed by atoms with Gasteiger partial charge in [0.1, 0.15) is 5.65 Å². The number of aromatic nitrogens is 2. The number of imidazole rings is 1. The number of amides is 1. The summed E-state index contributed by atoms with van der Waals surface area (Å²) in [6, 6.07) is 12.0. The molecule has 4 heteroatoms. The number of carbonyl (C=O) groups excluding carboxylic acids is 1. The second-order valence-electron chi connectivity index (χ2n) is 6.30. The van der Waals surface area contributed by atoms with E-state index in [1.165, 1.54) is 12.0 Å². The molecule has 1 amide bonds. The first-order chi connectivity index (χ1) is 11.2. The average molecular weight is 305 g/mol. The molecule has 0 atom stereocenters. The first-order valence-electron chi connectivity index (χ1n) is 8.06. The van der Waals surface area contributed by atoms with Crippen LogP contribution in [0.15, 0.2) is 48.8 Å². The Morgan fingerprint density at radius 1 is 1.22 bits per heavy atom. The Labute approximate surface area is 135 Å². The van der Waals surface area contributed by atoms with Crippen LogP contribution in [0.4, 0.5) is 5.69 Å². The van der Waals surface area contributed by atoms with Gasteiger partial charge in [-0.05, 0) is 43.5 Å². The van der Waals surface area contributed by atoms with Crippen LogP contribution in [-0.4, -0.2) is 15.3 Å². The molecule has 0 bridgehead atoms. The Morgan fingerprint density at radius 3 is 2.87 bits per heavy atom. The van der Waals surface area contributed by atoms with E-state index in [0.717, 1.165) is 35.4 Å². The number of carbonyl (C=O) groups is 1. The fourth-order valence-corrected chi connectivity index (χ4v) is 2.91. The zero-order valence-corrected chi connectivity index (χ0v) is 13.1. The molecule has 1 saturated carbocycles. The van der Waals surface area contributed by atoms with Gasteiger partial charge < -0.3 is 9.72 Å². The first-order valence-corrected chi connectivity index (χ1v) is 8.06. The number of hydrogen-bond acceptors (Lipinski definition) is 2. The van der Waals surface area contributed by atoms with E-state index in [1.54, 1.807) is 0 Å². The molecule has 3 aromatic rings. The van der Waals surface area contributed by atoms with Crippen molar-refractivity contribution in [1.29, 1.82) is 0 Å². The zero-order valence-electron chi connectivity index (χ0n) is 13.1. The largest absolute Gasteiger partial charge is 0.326 e. The van der Waals surface area contributed by atoms with Gasteiger partial charge in [0.15, 0.2) is 0 Å². The van der Waals surface area contributed by atoms with Gasteiger partial charge in [-0.2, -0.15) is 0 Å². The maximum absolute atomic E-state index is 12.1. The fourth-order valence-electron chi connectivity index (χ4n) is 2.91. The van der Waals surface area contributed by atoms with Crippen molar-refractivity contribution < 1.29 is 4.79 Å². The smallest absolute Gasteiger partial charge is 0.227 e. The van der Waals surface area contributed by atoms with Crippen LogP contribution < -0.4 is 5.32 Å². The lowest BCUT2D eigenvalue weighted by Crippen LogP contribution is -2.27. The number of benzene rings is 1. The molecule has 23 heavy (non-hydrogen) atoms. The molecule has 116 valence electrons. The van der Waals surface area contributed by atoms with E-state index in [0.29, 0.717) is 0 Å². The van der Waals surface area contributed by atoms with Crippen LogP contribution >= 0.6 is 0 Å². The van der Waals surface area contributed by atoms with Crippen molar-refractivity contribution in [2.75, 3.05) is 5.32 Å². The summed E-state index contributed by atoms with van der Waals surface area (Å²) in [4.78, 5) is 16.7. The summed E-state index contributed by atoms with van der Waals surface area (Å²) >= 11 is 0. The minimum atomic E-state index is 0.138. The van der Waals surface area contributed by atoms with Gasteiger partial charge in [0.05, 0.1) is 5.69 Å². The molecule has 1 aliphatic rings. The number of rotatable bonds is 3. The molecule has 0 spiro atoms. The third-order valence-corrected chi connectivity index (χ3v) is 4.50. The van der Waals surface area contributed by atoms with Gasteiger partial charge in [-0.15, -0.1) is 0 Å². The molecule has 1 aliphatic carbocycles. The molecule has 2 aromatic heterocycles. The topological polar surface area (TPSA) is 46.4 Å². The van der Waals surface area contributed by atoms with Crippen molar-refractivity contribution in [2.24, 2.45) is 5.92 Å². The van der Waals surface area contributed by atoms with E-state index in [1.807, 2.05) is 40.9 Å². The first kappa shape index (κ1) is 14.0. The van der Waals surface area contributed by atoms with Crippen LogP contribution in [0.2, 0.25) is 0 Å². The lowest BCUT2D eigenvalue weighted by Gasteiger charge is -2.24. The molecule has 0 saturated heterocycles. The third kappa shape index (κ3) is 2.72. The number of pyridine rings is 1. The van der Waals surface area contributed by atoms with Crippen molar-refractivity contribution in [3.05, 3.63) is 54.4 Å². The summed E-state index contributed by atoms with van der Waals surface area (Å²) in [6.45, 7) is 2.07. The Bertz CT molecular complexity index is 877. The van der Waals surface area contributed by atoms with E-state index in [-0.39, 0.29) is 11.8 Å². The van der Waals surface area contributed by atoms with E-state index in [4.69, 9.17) is 0 Å². The second kappa shape index (κ2) is 5.54.